The van der Waals surface area contributed by atoms with Gasteiger partial charge in [-0.2, -0.15) is 0 Å². The van der Waals surface area contributed by atoms with E-state index in [9.17, 15) is 4.79 Å². The Morgan fingerprint density at radius 2 is 1.77 bits per heavy atom. The van der Waals surface area contributed by atoms with E-state index in [1.807, 2.05) is 62.8 Å². The van der Waals surface area contributed by atoms with Gasteiger partial charge in [-0.1, -0.05) is 23.7 Å². The molecule has 10 heteroatoms. The summed E-state index contributed by atoms with van der Waals surface area (Å²) in [7, 11) is 5.17. The van der Waals surface area contributed by atoms with E-state index in [-0.39, 0.29) is 24.7 Å². The average Bonchev–Trinajstić information content (AvgIpc) is 3.03. The summed E-state index contributed by atoms with van der Waals surface area (Å²) in [4.78, 5) is 25.4. The first-order valence-electron chi connectivity index (χ1n) is 15.2. The lowest BCUT2D eigenvalue weighted by atomic mass is 9.85. The van der Waals surface area contributed by atoms with Crippen molar-refractivity contribution in [1.29, 1.82) is 0 Å². The maximum absolute atomic E-state index is 11.5. The topological polar surface area (TPSA) is 89.1 Å². The highest BCUT2D eigenvalue weighted by molar-refractivity contribution is 6.30. The molecule has 44 heavy (non-hydrogen) atoms. The molecular formula is C34H42ClN5O4. The summed E-state index contributed by atoms with van der Waals surface area (Å²) in [5, 5.41) is 4.00. The van der Waals surface area contributed by atoms with Crippen molar-refractivity contribution < 1.29 is 19.0 Å². The van der Waals surface area contributed by atoms with Crippen LogP contribution >= 0.6 is 11.6 Å². The second-order valence-corrected chi connectivity index (χ2v) is 12.2. The van der Waals surface area contributed by atoms with Gasteiger partial charge in [-0.25, -0.2) is 9.97 Å². The van der Waals surface area contributed by atoms with Crippen molar-refractivity contribution in [1.82, 2.24) is 15.3 Å². The Morgan fingerprint density at radius 3 is 2.41 bits per heavy atom. The van der Waals surface area contributed by atoms with Crippen molar-refractivity contribution in [3.8, 4) is 11.5 Å². The van der Waals surface area contributed by atoms with E-state index < -0.39 is 0 Å². The summed E-state index contributed by atoms with van der Waals surface area (Å²) < 4.78 is 16.5. The summed E-state index contributed by atoms with van der Waals surface area (Å²) in [5.41, 5.74) is 4.14. The minimum absolute atomic E-state index is 0.00249. The van der Waals surface area contributed by atoms with E-state index in [0.717, 1.165) is 54.6 Å². The van der Waals surface area contributed by atoms with Gasteiger partial charge in [-0.3, -0.25) is 4.79 Å². The Morgan fingerprint density at radius 1 is 1.07 bits per heavy atom. The fourth-order valence-corrected chi connectivity index (χ4v) is 6.15. The first-order chi connectivity index (χ1) is 21.2. The van der Waals surface area contributed by atoms with Crippen LogP contribution in [0.2, 0.25) is 5.02 Å². The highest BCUT2D eigenvalue weighted by atomic mass is 35.5. The van der Waals surface area contributed by atoms with Crippen molar-refractivity contribution in [3.63, 3.8) is 0 Å². The molecule has 0 unspecified atom stereocenters. The number of fused-ring (bicyclic) bond motifs is 1. The van der Waals surface area contributed by atoms with Crippen molar-refractivity contribution in [2.45, 2.75) is 57.7 Å². The quantitative estimate of drug-likeness (QED) is 0.250. The lowest BCUT2D eigenvalue weighted by Gasteiger charge is -2.35. The Kier molecular flexibility index (Phi) is 10.3. The smallest absolute Gasteiger partial charge is 0.319 e. The van der Waals surface area contributed by atoms with Crippen molar-refractivity contribution in [2.24, 2.45) is 5.92 Å². The van der Waals surface area contributed by atoms with Gasteiger partial charge < -0.3 is 29.3 Å². The van der Waals surface area contributed by atoms with E-state index >= 15 is 0 Å². The lowest BCUT2D eigenvalue weighted by molar-refractivity contribution is -0.139. The molecule has 1 saturated carbocycles. The van der Waals surface area contributed by atoms with E-state index in [1.54, 1.807) is 7.11 Å². The number of benzene rings is 2. The molecule has 5 rings (SSSR count). The molecule has 0 radical (unpaired) electrons. The van der Waals surface area contributed by atoms with Crippen molar-refractivity contribution in [2.75, 3.05) is 44.2 Å². The molecular weight excluding hydrogens is 578 g/mol. The molecule has 1 aliphatic heterocycles. The molecule has 0 saturated heterocycles. The van der Waals surface area contributed by atoms with Crippen LogP contribution in [0.5, 0.6) is 11.5 Å². The predicted molar refractivity (Wildman–Crippen MR) is 175 cm³/mol. The summed E-state index contributed by atoms with van der Waals surface area (Å²) >= 11 is 6.27. The number of halogens is 1. The lowest BCUT2D eigenvalue weighted by Crippen LogP contribution is -2.38. The molecule has 2 aliphatic rings. The zero-order valence-electron chi connectivity index (χ0n) is 26.1. The molecule has 0 spiro atoms. The van der Waals surface area contributed by atoms with Crippen LogP contribution in [0.3, 0.4) is 0 Å². The molecule has 0 bridgehead atoms. The van der Waals surface area contributed by atoms with Crippen molar-refractivity contribution >= 4 is 35.3 Å². The van der Waals surface area contributed by atoms with E-state index in [1.165, 1.54) is 7.11 Å². The fourth-order valence-electron chi connectivity index (χ4n) is 6.03. The highest BCUT2D eigenvalue weighted by Gasteiger charge is 2.30. The standard InChI is InChI=1S/C34H42ClN5O4/c1-22(2)44-31-17-29-25(16-30(31)42-4)14-15-40(33(29)24-8-10-26(35)11-9-24)34-37-18-28(19-38-34)39(3)21-23-6-12-27(13-7-23)36-20-32(41)43-5/h8-11,14-19,22-23,27,33,36H,6-7,12-13,20-21H2,1-5H3/t23?,27?,33-/m0/s1. The minimum Gasteiger partial charge on any atom is -0.493 e. The molecule has 0 amide bonds. The minimum atomic E-state index is -0.218. The summed E-state index contributed by atoms with van der Waals surface area (Å²) in [6.45, 7) is 5.21. The van der Waals surface area contributed by atoms with Crippen LogP contribution in [0.1, 0.15) is 62.3 Å². The maximum Gasteiger partial charge on any atom is 0.319 e. The molecule has 2 heterocycles. The number of ether oxygens (including phenoxy) is 3. The number of carbonyl (C=O) groups is 1. The number of methoxy groups -OCH3 is 2. The van der Waals surface area contributed by atoms with Crippen LogP contribution < -0.4 is 24.6 Å². The second-order valence-electron chi connectivity index (χ2n) is 11.8. The van der Waals surface area contributed by atoms with Gasteiger partial charge >= 0.3 is 5.97 Å². The number of aromatic nitrogens is 2. The fraction of sp³-hybridized carbons (Fsp3) is 0.441. The van der Waals surface area contributed by atoms with Gasteiger partial charge in [0, 0.05) is 30.9 Å². The molecule has 9 nitrogen and oxygen atoms in total. The number of carbonyl (C=O) groups excluding carboxylic acids is 1. The molecule has 1 fully saturated rings. The zero-order chi connectivity index (χ0) is 31.2. The normalized spacial score (nSPS) is 19.4. The second kappa shape index (κ2) is 14.3. The Balaban J connectivity index is 1.33. The number of esters is 1. The highest BCUT2D eigenvalue weighted by Crippen LogP contribution is 2.43. The third kappa shape index (κ3) is 7.45. The molecule has 1 N–H and O–H groups in total. The Bertz CT molecular complexity index is 1440. The van der Waals surface area contributed by atoms with Gasteiger partial charge in [0.15, 0.2) is 11.5 Å². The summed E-state index contributed by atoms with van der Waals surface area (Å²) in [6.07, 6.45) is 12.2. The largest absolute Gasteiger partial charge is 0.493 e. The Hall–Kier alpha value is -3.82. The van der Waals surface area contributed by atoms with Gasteiger partial charge in [0.25, 0.3) is 0 Å². The number of rotatable bonds is 11. The number of anilines is 2. The van der Waals surface area contributed by atoms with E-state index in [4.69, 9.17) is 35.8 Å². The van der Waals surface area contributed by atoms with Crippen LogP contribution in [0.4, 0.5) is 11.6 Å². The first-order valence-corrected chi connectivity index (χ1v) is 15.6. The molecule has 1 atom stereocenters. The summed E-state index contributed by atoms with van der Waals surface area (Å²) in [6, 6.07) is 12.1. The van der Waals surface area contributed by atoms with Crippen LogP contribution in [0.25, 0.3) is 6.08 Å². The summed E-state index contributed by atoms with van der Waals surface area (Å²) in [5.74, 6) is 2.35. The molecule has 3 aromatic rings. The molecule has 1 aliphatic carbocycles. The van der Waals surface area contributed by atoms with Crippen LogP contribution in [-0.4, -0.2) is 62.4 Å². The van der Waals surface area contributed by atoms with Gasteiger partial charge in [0.2, 0.25) is 5.95 Å². The SMILES string of the molecule is COC(=O)CNC1CCC(CN(C)c2cnc(N3C=Cc4cc(OC)c(OC(C)C)cc4[C@@H]3c3ccc(Cl)cc3)nc2)CC1. The predicted octanol–water partition coefficient (Wildman–Crippen LogP) is 6.26. The first kappa shape index (κ1) is 31.6. The average molecular weight is 620 g/mol. The van der Waals surface area contributed by atoms with Crippen molar-refractivity contribution in [3.05, 3.63) is 76.7 Å². The number of nitrogens with one attached hydrogen (secondary N) is 1. The van der Waals surface area contributed by atoms with Gasteiger partial charge in [-0.15, -0.1) is 0 Å². The van der Waals surface area contributed by atoms with Crippen LogP contribution in [0.15, 0.2) is 55.0 Å². The van der Waals surface area contributed by atoms with E-state index in [0.29, 0.717) is 34.4 Å². The van der Waals surface area contributed by atoms with Gasteiger partial charge in [-0.05, 0) is 92.5 Å². The monoisotopic (exact) mass is 619 g/mol. The van der Waals surface area contributed by atoms with E-state index in [2.05, 4.69) is 34.3 Å². The van der Waals surface area contributed by atoms with Gasteiger partial charge in [0.1, 0.15) is 0 Å². The zero-order valence-corrected chi connectivity index (χ0v) is 26.9. The third-order valence-corrected chi connectivity index (χ3v) is 8.59. The van der Waals surface area contributed by atoms with Gasteiger partial charge in [0.05, 0.1) is 51.0 Å². The third-order valence-electron chi connectivity index (χ3n) is 8.34. The number of nitrogens with zero attached hydrogens (tertiary/aromatic N) is 4. The van der Waals surface area contributed by atoms with Crippen LogP contribution in [0, 0.1) is 5.92 Å². The number of hydrogen-bond acceptors (Lipinski definition) is 9. The maximum atomic E-state index is 11.5. The Labute approximate surface area is 265 Å². The molecule has 1 aromatic heterocycles. The van der Waals surface area contributed by atoms with Crippen LogP contribution in [-0.2, 0) is 9.53 Å². The molecule has 234 valence electrons. The molecule has 2 aromatic carbocycles. The number of hydrogen-bond donors (Lipinski definition) is 1.